The summed E-state index contributed by atoms with van der Waals surface area (Å²) in [4.78, 5) is 30.8. The van der Waals surface area contributed by atoms with Crippen molar-refractivity contribution in [1.82, 2.24) is 19.3 Å². The lowest BCUT2D eigenvalue weighted by Gasteiger charge is -2.27. The largest absolute Gasteiger partial charge is 0.496 e. The maximum absolute atomic E-state index is 13.7. The summed E-state index contributed by atoms with van der Waals surface area (Å²) in [5.74, 6) is 0.111. The van der Waals surface area contributed by atoms with Crippen LogP contribution in [0, 0.1) is 11.3 Å². The number of imidazole rings is 1. The van der Waals surface area contributed by atoms with Gasteiger partial charge in [-0.15, -0.1) is 0 Å². The molecule has 0 radical (unpaired) electrons. The summed E-state index contributed by atoms with van der Waals surface area (Å²) in [6, 6.07) is 18.8. The number of hydrogen-bond acceptors (Lipinski definition) is 7. The number of aromatic nitrogens is 3. The van der Waals surface area contributed by atoms with Gasteiger partial charge in [0.25, 0.3) is 0 Å². The number of carbonyl (C=O) groups is 2. The molecule has 10 heteroatoms. The van der Waals surface area contributed by atoms with Crippen molar-refractivity contribution in [3.63, 3.8) is 0 Å². The summed E-state index contributed by atoms with van der Waals surface area (Å²) in [6.07, 6.45) is 11.3. The standard InChI is InChI=1S/C36H36N6O4/c1-41-22-39-30-19-28(34(46-3)20-33(30)41)27-6-5-17-42-31(27)14-15-32(42)36(44)23-8-13-29(24(18-23)21-37)40-35(43)7-4-16-38-25-9-11-26(45-2)12-10-25/h4-8,13-15,17-20,22,25-26,38H,9-12,16H2,1-3H3,(H,40,43)/b7-4+. The Morgan fingerprint density at radius 1 is 1.04 bits per heavy atom. The molecule has 0 unspecified atom stereocenters. The molecule has 234 valence electrons. The Balaban J connectivity index is 1.17. The number of ether oxygens (including phenoxy) is 2. The van der Waals surface area contributed by atoms with E-state index >= 15 is 0 Å². The van der Waals surface area contributed by atoms with Crippen LogP contribution in [0.1, 0.15) is 47.3 Å². The van der Waals surface area contributed by atoms with E-state index in [-0.39, 0.29) is 17.3 Å². The summed E-state index contributed by atoms with van der Waals surface area (Å²) in [6.45, 7) is 0.575. The molecule has 6 rings (SSSR count). The first kappa shape index (κ1) is 30.8. The van der Waals surface area contributed by atoms with Crippen LogP contribution in [0.2, 0.25) is 0 Å². The smallest absolute Gasteiger partial charge is 0.248 e. The summed E-state index contributed by atoms with van der Waals surface area (Å²) >= 11 is 0. The molecular formula is C36H36N6O4. The van der Waals surface area contributed by atoms with E-state index < -0.39 is 0 Å². The molecule has 0 bridgehead atoms. The number of nitrogens with one attached hydrogen (secondary N) is 2. The maximum atomic E-state index is 13.7. The van der Waals surface area contributed by atoms with E-state index in [9.17, 15) is 14.9 Å². The number of benzene rings is 2. The Labute approximate surface area is 267 Å². The Morgan fingerprint density at radius 2 is 1.87 bits per heavy atom. The fourth-order valence-electron chi connectivity index (χ4n) is 6.20. The van der Waals surface area contributed by atoms with E-state index in [0.29, 0.717) is 41.4 Å². The molecule has 1 aliphatic rings. The molecule has 0 aliphatic heterocycles. The van der Waals surface area contributed by atoms with Crippen LogP contribution in [-0.2, 0) is 16.6 Å². The number of ketones is 1. The molecule has 5 aromatic rings. The van der Waals surface area contributed by atoms with Crippen LogP contribution in [0.25, 0.3) is 27.7 Å². The zero-order valence-corrected chi connectivity index (χ0v) is 26.1. The van der Waals surface area contributed by atoms with Crippen molar-refractivity contribution in [1.29, 1.82) is 5.26 Å². The predicted molar refractivity (Wildman–Crippen MR) is 177 cm³/mol. The number of anilines is 1. The van der Waals surface area contributed by atoms with Crippen LogP contribution in [0.5, 0.6) is 5.75 Å². The first-order valence-electron chi connectivity index (χ1n) is 15.3. The molecule has 0 spiro atoms. The minimum atomic E-state index is -0.343. The molecule has 1 saturated carbocycles. The first-order valence-corrected chi connectivity index (χ1v) is 15.3. The quantitative estimate of drug-likeness (QED) is 0.154. The number of nitrogens with zero attached hydrogens (tertiary/aromatic N) is 4. The van der Waals surface area contributed by atoms with Crippen molar-refractivity contribution in [3.05, 3.63) is 96.1 Å². The van der Waals surface area contributed by atoms with Gasteiger partial charge in [-0.3, -0.25) is 9.59 Å². The summed E-state index contributed by atoms with van der Waals surface area (Å²) in [5.41, 5.74) is 5.72. The van der Waals surface area contributed by atoms with Gasteiger partial charge in [0, 0.05) is 61.8 Å². The number of amides is 1. The van der Waals surface area contributed by atoms with E-state index in [2.05, 4.69) is 21.7 Å². The Kier molecular flexibility index (Phi) is 8.97. The number of hydrogen-bond donors (Lipinski definition) is 2. The van der Waals surface area contributed by atoms with E-state index in [1.54, 1.807) is 44.8 Å². The second-order valence-electron chi connectivity index (χ2n) is 11.5. The molecule has 2 N–H and O–H groups in total. The van der Waals surface area contributed by atoms with Crippen molar-refractivity contribution in [3.8, 4) is 22.9 Å². The predicted octanol–water partition coefficient (Wildman–Crippen LogP) is 5.65. The van der Waals surface area contributed by atoms with Gasteiger partial charge >= 0.3 is 0 Å². The highest BCUT2D eigenvalue weighted by atomic mass is 16.5. The third-order valence-corrected chi connectivity index (χ3v) is 8.72. The number of rotatable bonds is 10. The zero-order valence-electron chi connectivity index (χ0n) is 26.1. The normalized spacial score (nSPS) is 16.6. The number of pyridine rings is 1. The van der Waals surface area contributed by atoms with Gasteiger partial charge in [0.1, 0.15) is 11.8 Å². The highest BCUT2D eigenvalue weighted by Gasteiger charge is 2.21. The number of carbonyl (C=O) groups excluding carboxylic acids is 2. The molecule has 10 nitrogen and oxygen atoms in total. The van der Waals surface area contributed by atoms with Gasteiger partial charge in [-0.25, -0.2) is 4.98 Å². The fourth-order valence-corrected chi connectivity index (χ4v) is 6.20. The molecule has 0 saturated heterocycles. The van der Waals surface area contributed by atoms with Gasteiger partial charge in [0.15, 0.2) is 0 Å². The zero-order chi connectivity index (χ0) is 32.2. The molecule has 2 aromatic carbocycles. The fraction of sp³-hybridized carbons (Fsp3) is 0.278. The number of nitriles is 1. The molecule has 0 atom stereocenters. The molecule has 3 aromatic heterocycles. The SMILES string of the molecule is COc1cc2c(cc1-c1cccn3c(C(=O)c4ccc(NC(=O)/C=C/CNC5CCC(OC)CC5)c(C#N)c4)ccc13)ncn2C. The average Bonchev–Trinajstić information content (AvgIpc) is 3.69. The Hall–Kier alpha value is -5.24. The minimum Gasteiger partial charge on any atom is -0.496 e. The molecular weight excluding hydrogens is 580 g/mol. The molecule has 1 fully saturated rings. The minimum absolute atomic E-state index is 0.204. The first-order chi connectivity index (χ1) is 22.4. The van der Waals surface area contributed by atoms with Crippen molar-refractivity contribution in [2.75, 3.05) is 26.1 Å². The van der Waals surface area contributed by atoms with Crippen LogP contribution in [0.3, 0.4) is 0 Å². The summed E-state index contributed by atoms with van der Waals surface area (Å²) in [5, 5.41) is 16.1. The number of methoxy groups -OCH3 is 2. The number of fused-ring (bicyclic) bond motifs is 2. The van der Waals surface area contributed by atoms with Crippen LogP contribution in [0.15, 0.2) is 79.3 Å². The van der Waals surface area contributed by atoms with Gasteiger partial charge in [0.2, 0.25) is 11.7 Å². The van der Waals surface area contributed by atoms with Crippen LogP contribution in [0.4, 0.5) is 5.69 Å². The second-order valence-corrected chi connectivity index (χ2v) is 11.5. The van der Waals surface area contributed by atoms with Crippen molar-refractivity contribution in [2.24, 2.45) is 7.05 Å². The monoisotopic (exact) mass is 616 g/mol. The van der Waals surface area contributed by atoms with Gasteiger partial charge in [-0.2, -0.15) is 5.26 Å². The van der Waals surface area contributed by atoms with E-state index in [1.165, 1.54) is 12.1 Å². The molecule has 46 heavy (non-hydrogen) atoms. The highest BCUT2D eigenvalue weighted by Crippen LogP contribution is 2.37. The van der Waals surface area contributed by atoms with Gasteiger partial charge in [-0.1, -0.05) is 12.1 Å². The van der Waals surface area contributed by atoms with E-state index in [4.69, 9.17) is 9.47 Å². The maximum Gasteiger partial charge on any atom is 0.248 e. The summed E-state index contributed by atoms with van der Waals surface area (Å²) < 4.78 is 14.9. The van der Waals surface area contributed by atoms with Crippen molar-refractivity contribution >= 4 is 33.9 Å². The van der Waals surface area contributed by atoms with Gasteiger partial charge < -0.3 is 29.1 Å². The lowest BCUT2D eigenvalue weighted by Crippen LogP contribution is -2.35. The second kappa shape index (κ2) is 13.4. The Bertz CT molecular complexity index is 1990. The Morgan fingerprint density at radius 3 is 2.63 bits per heavy atom. The van der Waals surface area contributed by atoms with Gasteiger partial charge in [0.05, 0.1) is 53.0 Å². The van der Waals surface area contributed by atoms with Gasteiger partial charge in [-0.05, 0) is 68.1 Å². The molecule has 1 amide bonds. The van der Waals surface area contributed by atoms with Crippen molar-refractivity contribution in [2.45, 2.75) is 37.8 Å². The number of aryl methyl sites for hydroxylation is 1. The van der Waals surface area contributed by atoms with E-state index in [0.717, 1.165) is 53.4 Å². The average molecular weight is 617 g/mol. The lowest BCUT2D eigenvalue weighted by molar-refractivity contribution is -0.111. The third kappa shape index (κ3) is 6.15. The topological polar surface area (TPSA) is 123 Å². The summed E-state index contributed by atoms with van der Waals surface area (Å²) in [7, 11) is 5.33. The van der Waals surface area contributed by atoms with Crippen LogP contribution >= 0.6 is 0 Å². The third-order valence-electron chi connectivity index (χ3n) is 8.72. The molecule has 1 aliphatic carbocycles. The van der Waals surface area contributed by atoms with Crippen LogP contribution < -0.4 is 15.4 Å². The van der Waals surface area contributed by atoms with Crippen molar-refractivity contribution < 1.29 is 19.1 Å². The highest BCUT2D eigenvalue weighted by molar-refractivity contribution is 6.10. The van der Waals surface area contributed by atoms with Crippen LogP contribution in [-0.4, -0.2) is 58.6 Å². The molecule has 3 heterocycles. The van der Waals surface area contributed by atoms with E-state index in [1.807, 2.05) is 52.5 Å². The lowest BCUT2D eigenvalue weighted by atomic mass is 9.93.